The summed E-state index contributed by atoms with van der Waals surface area (Å²) in [7, 11) is 0. The highest BCUT2D eigenvalue weighted by Crippen LogP contribution is 2.21. The largest absolute Gasteiger partial charge is 0.323 e. The Morgan fingerprint density at radius 1 is 1.28 bits per heavy atom. The van der Waals surface area contributed by atoms with E-state index in [0.717, 1.165) is 6.54 Å². The molecule has 0 spiro atoms. The summed E-state index contributed by atoms with van der Waals surface area (Å²) in [6, 6.07) is 9.33. The van der Waals surface area contributed by atoms with Crippen LogP contribution in [-0.2, 0) is 0 Å². The van der Waals surface area contributed by atoms with Crippen molar-refractivity contribution in [1.29, 1.82) is 0 Å². The fourth-order valence-electron chi connectivity index (χ4n) is 2.96. The van der Waals surface area contributed by atoms with E-state index >= 15 is 0 Å². The van der Waals surface area contributed by atoms with Crippen LogP contribution in [0.1, 0.15) is 49.8 Å². The zero-order chi connectivity index (χ0) is 13.0. The standard InChI is InChI=1S/C16H26N2/c1-13-8-5-6-10-15(13)16(17)12-18-11-7-3-4-9-14(18)2/h5-6,8,10,14,16H,3-4,7,9,11-12,17H2,1-2H3. The number of nitrogens with two attached hydrogens (primary N) is 1. The van der Waals surface area contributed by atoms with Crippen LogP contribution in [0.25, 0.3) is 0 Å². The van der Waals surface area contributed by atoms with Gasteiger partial charge in [-0.2, -0.15) is 0 Å². The van der Waals surface area contributed by atoms with Crippen LogP contribution in [0.15, 0.2) is 24.3 Å². The Morgan fingerprint density at radius 2 is 2.06 bits per heavy atom. The van der Waals surface area contributed by atoms with Gasteiger partial charge in [-0.25, -0.2) is 0 Å². The molecule has 0 amide bonds. The third kappa shape index (κ3) is 3.33. The van der Waals surface area contributed by atoms with Gasteiger partial charge in [-0.1, -0.05) is 37.1 Å². The van der Waals surface area contributed by atoms with Crippen LogP contribution in [0.5, 0.6) is 0 Å². The molecule has 1 aliphatic heterocycles. The minimum Gasteiger partial charge on any atom is -0.323 e. The van der Waals surface area contributed by atoms with Crippen molar-refractivity contribution in [2.75, 3.05) is 13.1 Å². The minimum absolute atomic E-state index is 0.145. The summed E-state index contributed by atoms with van der Waals surface area (Å²) >= 11 is 0. The summed E-state index contributed by atoms with van der Waals surface area (Å²) in [5.41, 5.74) is 9.01. The predicted octanol–water partition coefficient (Wildman–Crippen LogP) is 3.26. The van der Waals surface area contributed by atoms with E-state index in [2.05, 4.69) is 43.0 Å². The molecule has 1 aliphatic rings. The molecule has 2 rings (SSSR count). The van der Waals surface area contributed by atoms with E-state index in [1.165, 1.54) is 43.4 Å². The molecule has 0 radical (unpaired) electrons. The Kier molecular flexibility index (Phi) is 4.79. The molecule has 2 unspecified atom stereocenters. The molecule has 0 aromatic heterocycles. The fraction of sp³-hybridized carbons (Fsp3) is 0.625. The van der Waals surface area contributed by atoms with Crippen molar-refractivity contribution < 1.29 is 0 Å². The Labute approximate surface area is 111 Å². The molecule has 2 N–H and O–H groups in total. The Morgan fingerprint density at radius 3 is 2.83 bits per heavy atom. The molecular weight excluding hydrogens is 220 g/mol. The third-order valence-electron chi connectivity index (χ3n) is 4.21. The maximum Gasteiger partial charge on any atom is 0.0427 e. The quantitative estimate of drug-likeness (QED) is 0.887. The molecule has 1 aromatic rings. The van der Waals surface area contributed by atoms with Crippen LogP contribution in [0.3, 0.4) is 0 Å². The molecule has 0 saturated carbocycles. The second-order valence-electron chi connectivity index (χ2n) is 5.66. The van der Waals surface area contributed by atoms with Gasteiger partial charge in [-0.15, -0.1) is 0 Å². The van der Waals surface area contributed by atoms with Crippen molar-refractivity contribution in [3.63, 3.8) is 0 Å². The monoisotopic (exact) mass is 246 g/mol. The molecule has 2 heteroatoms. The number of rotatable bonds is 3. The summed E-state index contributed by atoms with van der Waals surface area (Å²) in [5, 5.41) is 0. The number of likely N-dealkylation sites (tertiary alicyclic amines) is 1. The summed E-state index contributed by atoms with van der Waals surface area (Å²) in [4.78, 5) is 2.57. The average Bonchev–Trinajstić information content (AvgIpc) is 2.55. The van der Waals surface area contributed by atoms with Gasteiger partial charge in [-0.3, -0.25) is 4.90 Å². The van der Waals surface area contributed by atoms with Gasteiger partial charge in [-0.05, 0) is 44.4 Å². The molecule has 100 valence electrons. The van der Waals surface area contributed by atoms with Gasteiger partial charge in [0.25, 0.3) is 0 Å². The first kappa shape index (κ1) is 13.6. The van der Waals surface area contributed by atoms with Gasteiger partial charge < -0.3 is 5.73 Å². The van der Waals surface area contributed by atoms with Crippen LogP contribution in [0.4, 0.5) is 0 Å². The molecule has 1 fully saturated rings. The molecule has 0 aliphatic carbocycles. The first-order valence-corrected chi connectivity index (χ1v) is 7.23. The van der Waals surface area contributed by atoms with Gasteiger partial charge >= 0.3 is 0 Å². The second-order valence-corrected chi connectivity index (χ2v) is 5.66. The minimum atomic E-state index is 0.145. The zero-order valence-electron chi connectivity index (χ0n) is 11.7. The van der Waals surface area contributed by atoms with Crippen molar-refractivity contribution in [3.8, 4) is 0 Å². The summed E-state index contributed by atoms with van der Waals surface area (Å²) in [5.74, 6) is 0. The van der Waals surface area contributed by atoms with Crippen molar-refractivity contribution in [3.05, 3.63) is 35.4 Å². The first-order chi connectivity index (χ1) is 8.68. The lowest BCUT2D eigenvalue weighted by Crippen LogP contribution is -2.38. The van der Waals surface area contributed by atoms with E-state index in [-0.39, 0.29) is 6.04 Å². The highest BCUT2D eigenvalue weighted by Gasteiger charge is 2.20. The lowest BCUT2D eigenvalue weighted by molar-refractivity contribution is 0.201. The van der Waals surface area contributed by atoms with Gasteiger partial charge in [0.05, 0.1) is 0 Å². The lowest BCUT2D eigenvalue weighted by Gasteiger charge is -2.30. The highest BCUT2D eigenvalue weighted by atomic mass is 15.2. The number of benzene rings is 1. The van der Waals surface area contributed by atoms with Crippen LogP contribution in [0.2, 0.25) is 0 Å². The van der Waals surface area contributed by atoms with Gasteiger partial charge in [0.2, 0.25) is 0 Å². The topological polar surface area (TPSA) is 29.3 Å². The first-order valence-electron chi connectivity index (χ1n) is 7.23. The maximum atomic E-state index is 6.40. The molecular formula is C16H26N2. The van der Waals surface area contributed by atoms with Crippen LogP contribution in [-0.4, -0.2) is 24.0 Å². The molecule has 1 aromatic carbocycles. The normalized spacial score (nSPS) is 23.6. The molecule has 1 saturated heterocycles. The van der Waals surface area contributed by atoms with Crippen molar-refractivity contribution in [2.24, 2.45) is 5.73 Å². The van der Waals surface area contributed by atoms with Crippen LogP contribution in [0, 0.1) is 6.92 Å². The molecule has 2 atom stereocenters. The molecule has 2 nitrogen and oxygen atoms in total. The average molecular weight is 246 g/mol. The van der Waals surface area contributed by atoms with Gasteiger partial charge in [0.1, 0.15) is 0 Å². The third-order valence-corrected chi connectivity index (χ3v) is 4.21. The SMILES string of the molecule is Cc1ccccc1C(N)CN1CCCCCC1C. The van der Waals surface area contributed by atoms with Crippen molar-refractivity contribution in [2.45, 2.75) is 51.6 Å². The Balaban J connectivity index is 2.02. The van der Waals surface area contributed by atoms with E-state index in [1.807, 2.05) is 0 Å². The Hall–Kier alpha value is -0.860. The van der Waals surface area contributed by atoms with Crippen molar-refractivity contribution >= 4 is 0 Å². The Bertz CT molecular complexity index is 375. The number of nitrogens with zero attached hydrogens (tertiary/aromatic N) is 1. The summed E-state index contributed by atoms with van der Waals surface area (Å²) < 4.78 is 0. The predicted molar refractivity (Wildman–Crippen MR) is 77.6 cm³/mol. The maximum absolute atomic E-state index is 6.40. The molecule has 0 bridgehead atoms. The van der Waals surface area contributed by atoms with Crippen molar-refractivity contribution in [1.82, 2.24) is 4.90 Å². The van der Waals surface area contributed by atoms with Crippen LogP contribution < -0.4 is 5.73 Å². The zero-order valence-corrected chi connectivity index (χ0v) is 11.7. The van der Waals surface area contributed by atoms with E-state index in [1.54, 1.807) is 0 Å². The summed E-state index contributed by atoms with van der Waals surface area (Å²) in [6.45, 7) is 6.70. The van der Waals surface area contributed by atoms with E-state index in [9.17, 15) is 0 Å². The van der Waals surface area contributed by atoms with Gasteiger partial charge in [0, 0.05) is 18.6 Å². The van der Waals surface area contributed by atoms with E-state index in [4.69, 9.17) is 5.73 Å². The number of aryl methyl sites for hydroxylation is 1. The van der Waals surface area contributed by atoms with Gasteiger partial charge in [0.15, 0.2) is 0 Å². The highest BCUT2D eigenvalue weighted by molar-refractivity contribution is 5.28. The second kappa shape index (κ2) is 6.35. The summed E-state index contributed by atoms with van der Waals surface area (Å²) in [6.07, 6.45) is 5.39. The smallest absolute Gasteiger partial charge is 0.0427 e. The van der Waals surface area contributed by atoms with Crippen LogP contribution >= 0.6 is 0 Å². The lowest BCUT2D eigenvalue weighted by atomic mass is 10.0. The number of hydrogen-bond acceptors (Lipinski definition) is 2. The number of hydrogen-bond donors (Lipinski definition) is 1. The van der Waals surface area contributed by atoms with E-state index < -0.39 is 0 Å². The fourth-order valence-corrected chi connectivity index (χ4v) is 2.96. The molecule has 1 heterocycles. The van der Waals surface area contributed by atoms with E-state index in [0.29, 0.717) is 6.04 Å². The molecule has 18 heavy (non-hydrogen) atoms.